The second-order valence-corrected chi connectivity index (χ2v) is 6.32. The fraction of sp³-hybridized carbons (Fsp3) is 0.333. The van der Waals surface area contributed by atoms with Gasteiger partial charge < -0.3 is 10.4 Å². The highest BCUT2D eigenvalue weighted by atomic mass is 16.3. The van der Waals surface area contributed by atoms with E-state index in [2.05, 4.69) is 44.8 Å². The van der Waals surface area contributed by atoms with E-state index in [1.807, 2.05) is 13.0 Å². The zero-order valence-corrected chi connectivity index (χ0v) is 13.1. The van der Waals surface area contributed by atoms with E-state index in [4.69, 9.17) is 0 Å². The molecule has 3 aromatic rings. The standard InChI is InChI=1S/C18H20N4O/c1-11-8-17(21-13-3-4-14(23)10-13)15-5-2-12(9-18(15)20-11)16-6-7-19-22-16/h2,5-9,13-14,23H,3-4,10H2,1H3,(H,19,22)(H,20,21)/t13-,14-/m0/s1. The lowest BCUT2D eigenvalue weighted by molar-refractivity contribution is 0.182. The Morgan fingerprint density at radius 3 is 2.87 bits per heavy atom. The topological polar surface area (TPSA) is 73.8 Å². The lowest BCUT2D eigenvalue weighted by atomic mass is 10.1. The van der Waals surface area contributed by atoms with E-state index in [1.165, 1.54) is 0 Å². The average Bonchev–Trinajstić information content (AvgIpc) is 3.18. The zero-order valence-electron chi connectivity index (χ0n) is 13.1. The van der Waals surface area contributed by atoms with Gasteiger partial charge in [-0.15, -0.1) is 0 Å². The number of hydrogen-bond acceptors (Lipinski definition) is 4. The minimum atomic E-state index is -0.173. The van der Waals surface area contributed by atoms with E-state index in [9.17, 15) is 5.11 Å². The van der Waals surface area contributed by atoms with Crippen LogP contribution < -0.4 is 5.32 Å². The van der Waals surface area contributed by atoms with Crippen LogP contribution in [0.1, 0.15) is 25.0 Å². The van der Waals surface area contributed by atoms with Crippen molar-refractivity contribution < 1.29 is 5.11 Å². The van der Waals surface area contributed by atoms with Crippen LogP contribution in [0.5, 0.6) is 0 Å². The average molecular weight is 308 g/mol. The molecule has 1 aliphatic carbocycles. The van der Waals surface area contributed by atoms with E-state index >= 15 is 0 Å². The number of fused-ring (bicyclic) bond motifs is 1. The van der Waals surface area contributed by atoms with Crippen molar-refractivity contribution in [3.8, 4) is 11.3 Å². The molecule has 5 nitrogen and oxygen atoms in total. The largest absolute Gasteiger partial charge is 0.393 e. The second-order valence-electron chi connectivity index (χ2n) is 6.32. The van der Waals surface area contributed by atoms with Crippen molar-refractivity contribution in [3.05, 3.63) is 42.2 Å². The van der Waals surface area contributed by atoms with Crippen molar-refractivity contribution in [2.24, 2.45) is 0 Å². The lowest BCUT2D eigenvalue weighted by Gasteiger charge is -2.16. The monoisotopic (exact) mass is 308 g/mol. The summed E-state index contributed by atoms with van der Waals surface area (Å²) in [5, 5.41) is 21.4. The fourth-order valence-electron chi connectivity index (χ4n) is 3.37. The third-order valence-electron chi connectivity index (χ3n) is 4.51. The van der Waals surface area contributed by atoms with E-state index < -0.39 is 0 Å². The van der Waals surface area contributed by atoms with Crippen LogP contribution in [0.3, 0.4) is 0 Å². The molecule has 1 aliphatic rings. The van der Waals surface area contributed by atoms with Crippen LogP contribution in [-0.2, 0) is 0 Å². The summed E-state index contributed by atoms with van der Waals surface area (Å²) in [5.74, 6) is 0. The maximum atomic E-state index is 9.73. The Hall–Kier alpha value is -2.40. The highest BCUT2D eigenvalue weighted by Crippen LogP contribution is 2.30. The molecular weight excluding hydrogens is 288 g/mol. The van der Waals surface area contributed by atoms with Crippen molar-refractivity contribution in [2.75, 3.05) is 5.32 Å². The Morgan fingerprint density at radius 1 is 1.22 bits per heavy atom. The van der Waals surface area contributed by atoms with Gasteiger partial charge in [0.2, 0.25) is 0 Å². The summed E-state index contributed by atoms with van der Waals surface area (Å²) in [6, 6.07) is 10.7. The molecule has 2 atom stereocenters. The van der Waals surface area contributed by atoms with Gasteiger partial charge in [0, 0.05) is 34.6 Å². The molecule has 118 valence electrons. The third kappa shape index (κ3) is 2.80. The molecule has 0 bridgehead atoms. The molecule has 0 aliphatic heterocycles. The molecule has 1 aromatic carbocycles. The van der Waals surface area contributed by atoms with Gasteiger partial charge in [-0.25, -0.2) is 0 Å². The lowest BCUT2D eigenvalue weighted by Crippen LogP contribution is -2.17. The first-order valence-electron chi connectivity index (χ1n) is 8.05. The molecule has 3 N–H and O–H groups in total. The normalized spacial score (nSPS) is 21.0. The number of benzene rings is 1. The van der Waals surface area contributed by atoms with Gasteiger partial charge in [-0.3, -0.25) is 10.1 Å². The van der Waals surface area contributed by atoms with Gasteiger partial charge in [-0.2, -0.15) is 5.10 Å². The summed E-state index contributed by atoms with van der Waals surface area (Å²) >= 11 is 0. The van der Waals surface area contributed by atoms with Crippen LogP contribution in [0.25, 0.3) is 22.2 Å². The van der Waals surface area contributed by atoms with Crippen LogP contribution in [0.15, 0.2) is 36.5 Å². The van der Waals surface area contributed by atoms with Crippen LogP contribution in [0.2, 0.25) is 0 Å². The smallest absolute Gasteiger partial charge is 0.0732 e. The van der Waals surface area contributed by atoms with E-state index in [0.29, 0.717) is 6.04 Å². The Morgan fingerprint density at radius 2 is 2.13 bits per heavy atom. The molecular formula is C18H20N4O. The van der Waals surface area contributed by atoms with E-state index in [1.54, 1.807) is 6.20 Å². The minimum absolute atomic E-state index is 0.173. The molecule has 0 amide bonds. The van der Waals surface area contributed by atoms with Gasteiger partial charge >= 0.3 is 0 Å². The van der Waals surface area contributed by atoms with Gasteiger partial charge in [0.05, 0.1) is 17.3 Å². The summed E-state index contributed by atoms with van der Waals surface area (Å²) in [4.78, 5) is 4.67. The fourth-order valence-corrected chi connectivity index (χ4v) is 3.37. The van der Waals surface area contributed by atoms with Crippen molar-refractivity contribution in [1.82, 2.24) is 15.2 Å². The molecule has 2 heterocycles. The number of aliphatic hydroxyl groups is 1. The second kappa shape index (κ2) is 5.66. The number of hydrogen-bond donors (Lipinski definition) is 3. The predicted molar refractivity (Wildman–Crippen MR) is 91.3 cm³/mol. The van der Waals surface area contributed by atoms with Gasteiger partial charge in [0.1, 0.15) is 0 Å². The molecule has 0 radical (unpaired) electrons. The number of aromatic amines is 1. The Bertz CT molecular complexity index is 828. The summed E-state index contributed by atoms with van der Waals surface area (Å²) in [6.07, 6.45) is 4.28. The summed E-state index contributed by atoms with van der Waals surface area (Å²) in [5.41, 5.74) is 5.13. The van der Waals surface area contributed by atoms with Crippen LogP contribution in [0.4, 0.5) is 5.69 Å². The van der Waals surface area contributed by atoms with E-state index in [-0.39, 0.29) is 6.10 Å². The number of aliphatic hydroxyl groups excluding tert-OH is 1. The van der Waals surface area contributed by atoms with Gasteiger partial charge in [0.15, 0.2) is 0 Å². The first kappa shape index (κ1) is 14.2. The predicted octanol–water partition coefficient (Wildman–Crippen LogP) is 3.26. The van der Waals surface area contributed by atoms with Crippen molar-refractivity contribution in [3.63, 3.8) is 0 Å². The molecule has 5 heteroatoms. The summed E-state index contributed by atoms with van der Waals surface area (Å²) < 4.78 is 0. The van der Waals surface area contributed by atoms with Crippen molar-refractivity contribution in [2.45, 2.75) is 38.3 Å². The quantitative estimate of drug-likeness (QED) is 0.694. The molecule has 0 unspecified atom stereocenters. The number of rotatable bonds is 3. The molecule has 2 aromatic heterocycles. The van der Waals surface area contributed by atoms with Gasteiger partial charge in [-0.05, 0) is 44.4 Å². The molecule has 0 spiro atoms. The number of aryl methyl sites for hydroxylation is 1. The molecule has 23 heavy (non-hydrogen) atoms. The molecule has 0 saturated heterocycles. The number of H-pyrrole nitrogens is 1. The first-order chi connectivity index (χ1) is 11.2. The van der Waals surface area contributed by atoms with Crippen molar-refractivity contribution >= 4 is 16.6 Å². The SMILES string of the molecule is Cc1cc(N[C@H]2CC[C@H](O)C2)c2ccc(-c3ccn[nH]3)cc2n1. The third-order valence-corrected chi connectivity index (χ3v) is 4.51. The maximum Gasteiger partial charge on any atom is 0.0732 e. The number of nitrogens with zero attached hydrogens (tertiary/aromatic N) is 2. The Labute approximate surface area is 134 Å². The minimum Gasteiger partial charge on any atom is -0.393 e. The number of anilines is 1. The highest BCUT2D eigenvalue weighted by Gasteiger charge is 2.23. The highest BCUT2D eigenvalue weighted by molar-refractivity contribution is 5.94. The number of pyridine rings is 1. The van der Waals surface area contributed by atoms with Crippen LogP contribution >= 0.6 is 0 Å². The van der Waals surface area contributed by atoms with Crippen LogP contribution in [-0.4, -0.2) is 32.4 Å². The molecule has 1 fully saturated rings. The maximum absolute atomic E-state index is 9.73. The number of aromatic nitrogens is 3. The number of nitrogens with one attached hydrogen (secondary N) is 2. The van der Waals surface area contributed by atoms with Crippen LogP contribution in [0, 0.1) is 6.92 Å². The van der Waals surface area contributed by atoms with Gasteiger partial charge in [-0.1, -0.05) is 12.1 Å². The molecule has 1 saturated carbocycles. The summed E-state index contributed by atoms with van der Waals surface area (Å²) in [7, 11) is 0. The Balaban J connectivity index is 1.73. The Kier molecular flexibility index (Phi) is 3.50. The first-order valence-corrected chi connectivity index (χ1v) is 8.05. The molecule has 4 rings (SSSR count). The summed E-state index contributed by atoms with van der Waals surface area (Å²) in [6.45, 7) is 2.01. The zero-order chi connectivity index (χ0) is 15.8. The van der Waals surface area contributed by atoms with Gasteiger partial charge in [0.25, 0.3) is 0 Å². The van der Waals surface area contributed by atoms with E-state index in [0.717, 1.165) is 52.8 Å². The van der Waals surface area contributed by atoms with Crippen molar-refractivity contribution in [1.29, 1.82) is 0 Å².